The van der Waals surface area contributed by atoms with Crippen molar-refractivity contribution in [3.05, 3.63) is 131 Å². The second-order valence-corrected chi connectivity index (χ2v) is 6.90. The van der Waals surface area contributed by atoms with E-state index in [1.165, 1.54) is 0 Å². The Morgan fingerprint density at radius 3 is 1.07 bits per heavy atom. The topological polar surface area (TPSA) is 49.7 Å². The molecule has 4 rings (SSSR count). The van der Waals surface area contributed by atoms with Crippen molar-refractivity contribution >= 4 is 0 Å². The van der Waals surface area contributed by atoms with Crippen LogP contribution in [-0.4, -0.2) is 10.2 Å². The number of phenolic OH excluding ortho intramolecular Hbond substituents is 2. The molecule has 3 heteroatoms. The fourth-order valence-electron chi connectivity index (χ4n) is 3.39. The van der Waals surface area contributed by atoms with Gasteiger partial charge in [-0.2, -0.15) is 0 Å². The van der Waals surface area contributed by atoms with Crippen LogP contribution in [0.1, 0.15) is 34.5 Å². The summed E-state index contributed by atoms with van der Waals surface area (Å²) in [7, 11) is 0. The van der Waals surface area contributed by atoms with Crippen LogP contribution in [0.15, 0.2) is 109 Å². The predicted molar refractivity (Wildman–Crippen MR) is 114 cm³/mol. The zero-order valence-corrected chi connectivity index (χ0v) is 15.8. The monoisotopic (exact) mass is 382 g/mol. The second kappa shape index (κ2) is 8.63. The first kappa shape index (κ1) is 18.8. The van der Waals surface area contributed by atoms with Crippen LogP contribution in [-0.2, 0) is 4.74 Å². The molecule has 144 valence electrons. The van der Waals surface area contributed by atoms with E-state index in [1.54, 1.807) is 24.3 Å². The summed E-state index contributed by atoms with van der Waals surface area (Å²) >= 11 is 0. The normalized spacial score (nSPS) is 13.0. The van der Waals surface area contributed by atoms with E-state index >= 15 is 0 Å². The highest BCUT2D eigenvalue weighted by Crippen LogP contribution is 2.36. The minimum absolute atomic E-state index is 0.221. The number of hydrogen-bond acceptors (Lipinski definition) is 3. The van der Waals surface area contributed by atoms with Crippen molar-refractivity contribution in [3.8, 4) is 11.5 Å². The molecule has 29 heavy (non-hydrogen) atoms. The van der Waals surface area contributed by atoms with Crippen LogP contribution >= 0.6 is 0 Å². The Morgan fingerprint density at radius 2 is 0.724 bits per heavy atom. The number of phenols is 2. The van der Waals surface area contributed by atoms with E-state index in [4.69, 9.17) is 4.74 Å². The van der Waals surface area contributed by atoms with Crippen LogP contribution < -0.4 is 0 Å². The summed E-state index contributed by atoms with van der Waals surface area (Å²) in [5, 5.41) is 19.4. The van der Waals surface area contributed by atoms with Crippen LogP contribution in [0.2, 0.25) is 0 Å². The lowest BCUT2D eigenvalue weighted by molar-refractivity contribution is 0.0308. The molecule has 0 aliphatic carbocycles. The summed E-state index contributed by atoms with van der Waals surface area (Å²) in [5.41, 5.74) is 3.96. The number of hydrogen-bond donors (Lipinski definition) is 2. The van der Waals surface area contributed by atoms with Crippen LogP contribution in [0.5, 0.6) is 11.5 Å². The Morgan fingerprint density at radius 1 is 0.414 bits per heavy atom. The first-order valence-electron chi connectivity index (χ1n) is 9.54. The summed E-state index contributed by atoms with van der Waals surface area (Å²) in [6, 6.07) is 34.3. The van der Waals surface area contributed by atoms with Crippen molar-refractivity contribution in [2.24, 2.45) is 0 Å². The maximum Gasteiger partial charge on any atom is 0.115 e. The molecule has 0 bridgehead atoms. The smallest absolute Gasteiger partial charge is 0.115 e. The Hall–Kier alpha value is -3.56. The van der Waals surface area contributed by atoms with E-state index < -0.39 is 0 Å². The molecule has 0 amide bonds. The van der Waals surface area contributed by atoms with Crippen molar-refractivity contribution in [2.75, 3.05) is 0 Å². The fraction of sp³-hybridized carbons (Fsp3) is 0.0769. The molecule has 4 aromatic rings. The largest absolute Gasteiger partial charge is 0.508 e. The van der Waals surface area contributed by atoms with E-state index in [-0.39, 0.29) is 23.7 Å². The SMILES string of the molecule is Oc1ccc(C(OC(c2ccccc2)c2ccc(O)cc2)c2ccccc2)cc1. The summed E-state index contributed by atoms with van der Waals surface area (Å²) in [5.74, 6) is 0.442. The predicted octanol–water partition coefficient (Wildman–Crippen LogP) is 5.99. The molecule has 3 nitrogen and oxygen atoms in total. The molecule has 0 aromatic heterocycles. The van der Waals surface area contributed by atoms with Crippen molar-refractivity contribution in [1.29, 1.82) is 0 Å². The Bertz CT molecular complexity index is 940. The van der Waals surface area contributed by atoms with Gasteiger partial charge in [0.05, 0.1) is 0 Å². The van der Waals surface area contributed by atoms with E-state index in [0.717, 1.165) is 22.3 Å². The molecule has 0 saturated carbocycles. The number of ether oxygens (including phenoxy) is 1. The lowest BCUT2D eigenvalue weighted by Crippen LogP contribution is -2.13. The van der Waals surface area contributed by atoms with Gasteiger partial charge in [0.2, 0.25) is 0 Å². The standard InChI is InChI=1S/C26H22O3/c27-23-15-11-21(12-16-23)25(19-7-3-1-4-8-19)29-26(20-9-5-2-6-10-20)22-13-17-24(28)18-14-22/h1-18,25-28H. The quantitative estimate of drug-likeness (QED) is 0.430. The first-order valence-corrected chi connectivity index (χ1v) is 9.54. The fourth-order valence-corrected chi connectivity index (χ4v) is 3.39. The third kappa shape index (κ3) is 4.48. The highest BCUT2D eigenvalue weighted by atomic mass is 16.5. The average molecular weight is 382 g/mol. The van der Waals surface area contributed by atoms with Gasteiger partial charge in [-0.05, 0) is 46.5 Å². The van der Waals surface area contributed by atoms with E-state index in [9.17, 15) is 10.2 Å². The second-order valence-electron chi connectivity index (χ2n) is 6.90. The van der Waals surface area contributed by atoms with Crippen molar-refractivity contribution < 1.29 is 14.9 Å². The van der Waals surface area contributed by atoms with Crippen molar-refractivity contribution in [1.82, 2.24) is 0 Å². The molecule has 0 radical (unpaired) electrons. The molecule has 4 aromatic carbocycles. The van der Waals surface area contributed by atoms with E-state index in [2.05, 4.69) is 0 Å². The molecule has 2 N–H and O–H groups in total. The zero-order chi connectivity index (χ0) is 20.1. The molecule has 0 saturated heterocycles. The Labute approximate surface area is 170 Å². The summed E-state index contributed by atoms with van der Waals surface area (Å²) in [4.78, 5) is 0. The Balaban J connectivity index is 1.77. The van der Waals surface area contributed by atoms with Crippen molar-refractivity contribution in [2.45, 2.75) is 12.2 Å². The average Bonchev–Trinajstić information content (AvgIpc) is 2.77. The van der Waals surface area contributed by atoms with Crippen LogP contribution in [0, 0.1) is 0 Å². The van der Waals surface area contributed by atoms with E-state index in [0.29, 0.717) is 0 Å². The highest BCUT2D eigenvalue weighted by molar-refractivity contribution is 5.37. The first-order chi connectivity index (χ1) is 14.2. The van der Waals surface area contributed by atoms with Gasteiger partial charge < -0.3 is 14.9 Å². The summed E-state index contributed by atoms with van der Waals surface area (Å²) in [6.45, 7) is 0. The third-order valence-corrected chi connectivity index (χ3v) is 4.87. The van der Waals surface area contributed by atoms with Gasteiger partial charge in [0.1, 0.15) is 23.7 Å². The van der Waals surface area contributed by atoms with Gasteiger partial charge in [-0.3, -0.25) is 0 Å². The maximum absolute atomic E-state index is 9.71. The molecular formula is C26H22O3. The molecular weight excluding hydrogens is 360 g/mol. The minimum Gasteiger partial charge on any atom is -0.508 e. The molecule has 0 spiro atoms. The van der Waals surface area contributed by atoms with Crippen molar-refractivity contribution in [3.63, 3.8) is 0 Å². The minimum atomic E-state index is -0.323. The van der Waals surface area contributed by atoms with Gasteiger partial charge in [-0.15, -0.1) is 0 Å². The third-order valence-electron chi connectivity index (χ3n) is 4.87. The highest BCUT2D eigenvalue weighted by Gasteiger charge is 2.23. The Kier molecular flexibility index (Phi) is 5.59. The lowest BCUT2D eigenvalue weighted by atomic mass is 9.98. The number of rotatable bonds is 6. The maximum atomic E-state index is 9.71. The lowest BCUT2D eigenvalue weighted by Gasteiger charge is -2.27. The van der Waals surface area contributed by atoms with Gasteiger partial charge in [-0.1, -0.05) is 84.9 Å². The summed E-state index contributed by atoms with van der Waals surface area (Å²) < 4.78 is 6.71. The molecule has 0 fully saturated rings. The molecule has 2 unspecified atom stereocenters. The van der Waals surface area contributed by atoms with Crippen LogP contribution in [0.3, 0.4) is 0 Å². The molecule has 0 heterocycles. The van der Waals surface area contributed by atoms with Gasteiger partial charge in [-0.25, -0.2) is 0 Å². The zero-order valence-electron chi connectivity index (χ0n) is 15.8. The molecule has 2 atom stereocenters. The van der Waals surface area contributed by atoms with E-state index in [1.807, 2.05) is 84.9 Å². The summed E-state index contributed by atoms with van der Waals surface area (Å²) in [6.07, 6.45) is -0.647. The van der Waals surface area contributed by atoms with Gasteiger partial charge >= 0.3 is 0 Å². The number of benzene rings is 4. The van der Waals surface area contributed by atoms with Crippen LogP contribution in [0.25, 0.3) is 0 Å². The van der Waals surface area contributed by atoms with Crippen LogP contribution in [0.4, 0.5) is 0 Å². The molecule has 0 aliphatic rings. The molecule has 0 aliphatic heterocycles. The number of aromatic hydroxyl groups is 2. The van der Waals surface area contributed by atoms with Gasteiger partial charge in [0.15, 0.2) is 0 Å². The van der Waals surface area contributed by atoms with Gasteiger partial charge in [0, 0.05) is 0 Å². The van der Waals surface area contributed by atoms with Gasteiger partial charge in [0.25, 0.3) is 0 Å².